The fraction of sp³-hybridized carbons (Fsp3) is 0.950. The van der Waals surface area contributed by atoms with E-state index in [1.54, 1.807) is 4.90 Å². The number of carbonyl (C=O) groups is 2. The lowest BCUT2D eigenvalue weighted by atomic mass is 9.41. The summed E-state index contributed by atoms with van der Waals surface area (Å²) in [5, 5.41) is 12.5. The third-order valence-electron chi connectivity index (χ3n) is 16.9. The zero-order valence-corrected chi connectivity index (χ0v) is 31.0. The molecule has 0 aromatic heterocycles. The van der Waals surface area contributed by atoms with Gasteiger partial charge in [0.15, 0.2) is 6.29 Å². The Kier molecular flexibility index (Phi) is 8.04. The highest BCUT2D eigenvalue weighted by Gasteiger charge is 2.84. The fourth-order valence-electron chi connectivity index (χ4n) is 14.1. The van der Waals surface area contributed by atoms with Crippen molar-refractivity contribution < 1.29 is 28.9 Å². The maximum absolute atomic E-state index is 12.9. The van der Waals surface area contributed by atoms with Gasteiger partial charge < -0.3 is 29.1 Å². The molecule has 2 saturated heterocycles. The molecule has 2 heterocycles. The van der Waals surface area contributed by atoms with Crippen LogP contribution in [0.4, 0.5) is 0 Å². The standard InChI is InChI=1S/C40H64N2O6/c1-24-20-26(10-13-30(43)41(6)7)47-34-33(24)37(4)16-17-40-23-39(40)15-14-29(36(2,3)27(39)11-12-28(40)38(37,5)35(34)45)48-32-22-42(18-19-46-32)31(44)21-25-8-9-25/h24-29,32-35,45H,8-23H2,1-7H3/t24-,26?,27+,28?,29?,32+,33+,34?,35+,37?,38-,39?,40?/m1/s1. The molecule has 7 unspecified atom stereocenters. The lowest BCUT2D eigenvalue weighted by molar-refractivity contribution is -0.248. The Hall–Kier alpha value is -1.22. The highest BCUT2D eigenvalue weighted by atomic mass is 16.7. The van der Waals surface area contributed by atoms with Gasteiger partial charge in [0.2, 0.25) is 11.8 Å². The maximum atomic E-state index is 12.9. The molecule has 8 rings (SSSR count). The van der Waals surface area contributed by atoms with Gasteiger partial charge >= 0.3 is 0 Å². The molecule has 2 spiro atoms. The monoisotopic (exact) mass is 668 g/mol. The van der Waals surface area contributed by atoms with Crippen LogP contribution >= 0.6 is 0 Å². The minimum absolute atomic E-state index is 0.0230. The van der Waals surface area contributed by atoms with Crippen molar-refractivity contribution in [2.45, 2.75) is 149 Å². The smallest absolute Gasteiger partial charge is 0.223 e. The van der Waals surface area contributed by atoms with Crippen molar-refractivity contribution in [3.8, 4) is 0 Å². The fourth-order valence-corrected chi connectivity index (χ4v) is 14.1. The van der Waals surface area contributed by atoms with E-state index >= 15 is 0 Å². The van der Waals surface area contributed by atoms with E-state index in [-0.39, 0.29) is 52.7 Å². The summed E-state index contributed by atoms with van der Waals surface area (Å²) in [6, 6.07) is 0. The molecule has 8 nitrogen and oxygen atoms in total. The van der Waals surface area contributed by atoms with Crippen molar-refractivity contribution >= 4 is 11.8 Å². The van der Waals surface area contributed by atoms with Crippen LogP contribution in [0.25, 0.3) is 0 Å². The van der Waals surface area contributed by atoms with E-state index in [1.165, 1.54) is 51.4 Å². The van der Waals surface area contributed by atoms with E-state index in [4.69, 9.17) is 14.2 Å². The summed E-state index contributed by atoms with van der Waals surface area (Å²) in [6.45, 7) is 14.1. The molecule has 6 aliphatic carbocycles. The predicted molar refractivity (Wildman–Crippen MR) is 183 cm³/mol. The summed E-state index contributed by atoms with van der Waals surface area (Å²) >= 11 is 0. The molecular weight excluding hydrogens is 604 g/mol. The Morgan fingerprint density at radius 3 is 2.44 bits per heavy atom. The molecule has 0 aromatic carbocycles. The number of hydrogen-bond acceptors (Lipinski definition) is 6. The second-order valence-corrected chi connectivity index (χ2v) is 19.4. The first-order chi connectivity index (χ1) is 22.7. The quantitative estimate of drug-likeness (QED) is 0.356. The van der Waals surface area contributed by atoms with Gasteiger partial charge in [0, 0.05) is 38.9 Å². The van der Waals surface area contributed by atoms with Crippen molar-refractivity contribution in [1.82, 2.24) is 9.80 Å². The Balaban J connectivity index is 0.981. The van der Waals surface area contributed by atoms with Crippen LogP contribution in [0.5, 0.6) is 0 Å². The van der Waals surface area contributed by atoms with Crippen LogP contribution in [-0.4, -0.2) is 91.2 Å². The highest BCUT2D eigenvalue weighted by molar-refractivity contribution is 5.77. The highest BCUT2D eigenvalue weighted by Crippen LogP contribution is 2.89. The van der Waals surface area contributed by atoms with Crippen molar-refractivity contribution in [3.63, 3.8) is 0 Å². The average molecular weight is 669 g/mol. The van der Waals surface area contributed by atoms with Crippen LogP contribution in [-0.2, 0) is 23.8 Å². The van der Waals surface area contributed by atoms with Crippen LogP contribution in [0.3, 0.4) is 0 Å². The Bertz CT molecular complexity index is 1300. The number of aliphatic hydroxyl groups is 1. The van der Waals surface area contributed by atoms with Crippen LogP contribution in [0, 0.1) is 56.7 Å². The molecule has 2 aliphatic heterocycles. The molecule has 0 aromatic rings. The lowest BCUT2D eigenvalue weighted by Gasteiger charge is -2.64. The maximum Gasteiger partial charge on any atom is 0.223 e. The molecule has 8 aliphatic rings. The van der Waals surface area contributed by atoms with Crippen molar-refractivity contribution in [1.29, 1.82) is 0 Å². The molecule has 2 amide bonds. The van der Waals surface area contributed by atoms with E-state index in [1.807, 2.05) is 19.0 Å². The number of hydrogen-bond donors (Lipinski definition) is 1. The zero-order chi connectivity index (χ0) is 34.0. The third kappa shape index (κ3) is 4.72. The summed E-state index contributed by atoms with van der Waals surface area (Å²) in [6.07, 6.45) is 12.9. The van der Waals surface area contributed by atoms with Gasteiger partial charge in [-0.05, 0) is 122 Å². The van der Waals surface area contributed by atoms with Gasteiger partial charge in [0.05, 0.1) is 37.6 Å². The summed E-state index contributed by atoms with van der Waals surface area (Å²) in [7, 11) is 3.65. The number of rotatable bonds is 7. The topological polar surface area (TPSA) is 88.5 Å². The first-order valence-electron chi connectivity index (χ1n) is 19.8. The molecule has 0 bridgehead atoms. The summed E-state index contributed by atoms with van der Waals surface area (Å²) in [5.41, 5.74) is 0.522. The van der Waals surface area contributed by atoms with Gasteiger partial charge in [0.1, 0.15) is 0 Å². The zero-order valence-electron chi connectivity index (χ0n) is 31.0. The summed E-state index contributed by atoms with van der Waals surface area (Å²) < 4.78 is 19.9. The molecule has 8 fully saturated rings. The van der Waals surface area contributed by atoms with Gasteiger partial charge in [-0.25, -0.2) is 0 Å². The molecule has 48 heavy (non-hydrogen) atoms. The van der Waals surface area contributed by atoms with Gasteiger partial charge in [0.25, 0.3) is 0 Å². The number of fused-ring (bicyclic) bond motifs is 4. The van der Waals surface area contributed by atoms with E-state index < -0.39 is 6.10 Å². The summed E-state index contributed by atoms with van der Waals surface area (Å²) in [5.74, 6) is 2.95. The number of morpholine rings is 1. The minimum Gasteiger partial charge on any atom is -0.390 e. The Morgan fingerprint density at radius 2 is 1.71 bits per heavy atom. The number of ether oxygens (including phenoxy) is 3. The molecule has 8 heteroatoms. The van der Waals surface area contributed by atoms with Crippen LogP contribution < -0.4 is 0 Å². The predicted octanol–water partition coefficient (Wildman–Crippen LogP) is 6.04. The van der Waals surface area contributed by atoms with Crippen molar-refractivity contribution in [2.24, 2.45) is 56.7 Å². The normalized spacial score (nSPS) is 50.3. The number of carbonyl (C=O) groups excluding carboxylic acids is 2. The van der Waals surface area contributed by atoms with Crippen LogP contribution in [0.1, 0.15) is 118 Å². The van der Waals surface area contributed by atoms with Crippen LogP contribution in [0.15, 0.2) is 0 Å². The number of aliphatic hydroxyl groups excluding tert-OH is 1. The molecule has 13 atom stereocenters. The molecule has 1 N–H and O–H groups in total. The second kappa shape index (κ2) is 11.4. The lowest BCUT2D eigenvalue weighted by Crippen LogP contribution is -2.60. The Labute approximate surface area is 289 Å². The Morgan fingerprint density at radius 1 is 0.979 bits per heavy atom. The second-order valence-electron chi connectivity index (χ2n) is 19.4. The van der Waals surface area contributed by atoms with E-state index in [9.17, 15) is 14.7 Å². The molecule has 270 valence electrons. The van der Waals surface area contributed by atoms with E-state index in [0.717, 1.165) is 19.3 Å². The van der Waals surface area contributed by atoms with Gasteiger partial charge in [-0.1, -0.05) is 34.6 Å². The number of amides is 2. The van der Waals surface area contributed by atoms with Crippen LogP contribution in [0.2, 0.25) is 0 Å². The molecular formula is C40H64N2O6. The first kappa shape index (κ1) is 33.9. The summed E-state index contributed by atoms with van der Waals surface area (Å²) in [4.78, 5) is 29.0. The van der Waals surface area contributed by atoms with Gasteiger partial charge in [-0.15, -0.1) is 0 Å². The largest absolute Gasteiger partial charge is 0.390 e. The van der Waals surface area contributed by atoms with Gasteiger partial charge in [-0.2, -0.15) is 0 Å². The van der Waals surface area contributed by atoms with Crippen molar-refractivity contribution in [2.75, 3.05) is 33.8 Å². The first-order valence-corrected chi connectivity index (χ1v) is 19.8. The minimum atomic E-state index is -0.472. The van der Waals surface area contributed by atoms with E-state index in [0.29, 0.717) is 73.0 Å². The van der Waals surface area contributed by atoms with Crippen molar-refractivity contribution in [3.05, 3.63) is 0 Å². The molecule has 0 radical (unpaired) electrons. The number of nitrogens with zero attached hydrogens (tertiary/aromatic N) is 2. The molecule has 6 saturated carbocycles. The van der Waals surface area contributed by atoms with Gasteiger partial charge in [-0.3, -0.25) is 9.59 Å². The average Bonchev–Trinajstić information content (AvgIpc) is 3.96. The van der Waals surface area contributed by atoms with E-state index in [2.05, 4.69) is 34.6 Å². The third-order valence-corrected chi connectivity index (χ3v) is 16.9. The SMILES string of the molecule is C[C@@H]1CC(CCC(=O)N(C)C)OC2[C@H]1C1(C)CCC34CC35CCC(O[C@H]3CN(C(=O)CC6CC6)CCO3)C(C)(C)[C@@H]5CCC4[C@]1(C)[C@H]2O.